The van der Waals surface area contributed by atoms with Crippen LogP contribution in [-0.4, -0.2) is 54.6 Å². The third-order valence-electron chi connectivity index (χ3n) is 3.93. The first-order chi connectivity index (χ1) is 9.19. The summed E-state index contributed by atoms with van der Waals surface area (Å²) in [6.07, 6.45) is 4.45. The number of hydrogen-bond acceptors (Lipinski definition) is 4. The van der Waals surface area contributed by atoms with E-state index in [1.165, 1.54) is 31.5 Å². The fraction of sp³-hybridized carbons (Fsp3) is 0.667. The Kier molecular flexibility index (Phi) is 5.16. The number of likely N-dealkylation sites (tertiary alicyclic amines) is 1. The Morgan fingerprint density at radius 1 is 1.42 bits per heavy atom. The zero-order valence-corrected chi connectivity index (χ0v) is 12.4. The van der Waals surface area contributed by atoms with Crippen LogP contribution >= 0.6 is 0 Å². The van der Waals surface area contributed by atoms with Crippen LogP contribution in [0.25, 0.3) is 0 Å². The van der Waals surface area contributed by atoms with Gasteiger partial charge >= 0.3 is 0 Å². The molecule has 2 rings (SSSR count). The second kappa shape index (κ2) is 6.87. The second-order valence-electron chi connectivity index (χ2n) is 5.53. The van der Waals surface area contributed by atoms with Crippen LogP contribution in [0.3, 0.4) is 0 Å². The molecule has 0 spiro atoms. The Labute approximate surface area is 116 Å². The quantitative estimate of drug-likeness (QED) is 0.880. The van der Waals surface area contributed by atoms with Gasteiger partial charge in [-0.15, -0.1) is 0 Å². The summed E-state index contributed by atoms with van der Waals surface area (Å²) >= 11 is 0. The highest BCUT2D eigenvalue weighted by Crippen LogP contribution is 2.17. The Morgan fingerprint density at radius 2 is 2.16 bits per heavy atom. The summed E-state index contributed by atoms with van der Waals surface area (Å²) in [7, 11) is 4.45. The monoisotopic (exact) mass is 262 g/mol. The number of hydrogen-bond donors (Lipinski definition) is 1. The van der Waals surface area contributed by atoms with Crippen molar-refractivity contribution in [1.82, 2.24) is 14.8 Å². The van der Waals surface area contributed by atoms with Gasteiger partial charge in [0.2, 0.25) is 0 Å². The van der Waals surface area contributed by atoms with E-state index in [0.29, 0.717) is 6.04 Å². The number of nitrogens with zero attached hydrogens (tertiary/aromatic N) is 3. The largest absolute Gasteiger partial charge is 0.370 e. The molecule has 0 amide bonds. The first-order valence-electron chi connectivity index (χ1n) is 7.26. The smallest absolute Gasteiger partial charge is 0.126 e. The van der Waals surface area contributed by atoms with E-state index >= 15 is 0 Å². The van der Waals surface area contributed by atoms with Crippen molar-refractivity contribution < 1.29 is 0 Å². The molecule has 1 fully saturated rings. The van der Waals surface area contributed by atoms with E-state index in [1.54, 1.807) is 0 Å². The van der Waals surface area contributed by atoms with Gasteiger partial charge in [0.25, 0.3) is 0 Å². The molecule has 0 aliphatic carbocycles. The van der Waals surface area contributed by atoms with Gasteiger partial charge in [-0.3, -0.25) is 4.90 Å². The van der Waals surface area contributed by atoms with Crippen LogP contribution in [0.5, 0.6) is 0 Å². The molecule has 0 bridgehead atoms. The molecule has 1 aromatic rings. The van der Waals surface area contributed by atoms with Crippen molar-refractivity contribution >= 4 is 5.82 Å². The van der Waals surface area contributed by atoms with Crippen molar-refractivity contribution in [1.29, 1.82) is 0 Å². The molecular formula is C15H26N4. The Morgan fingerprint density at radius 3 is 2.84 bits per heavy atom. The van der Waals surface area contributed by atoms with Crippen LogP contribution in [0.15, 0.2) is 18.3 Å². The Hall–Kier alpha value is -1.13. The van der Waals surface area contributed by atoms with Crippen LogP contribution in [0, 0.1) is 0 Å². The highest BCUT2D eigenvalue weighted by atomic mass is 15.2. The standard InChI is InChI=1S/C15H26N4/c1-4-16-15-11-13(5-8-17-15)12-19(3)14-6-9-18(2)10-7-14/h5,8,11,14H,4,6-7,9-10,12H2,1-3H3,(H,16,17). The van der Waals surface area contributed by atoms with Gasteiger partial charge in [0.1, 0.15) is 5.82 Å². The van der Waals surface area contributed by atoms with Gasteiger partial charge in [-0.25, -0.2) is 4.98 Å². The lowest BCUT2D eigenvalue weighted by molar-refractivity contribution is 0.139. The molecule has 1 N–H and O–H groups in total. The second-order valence-corrected chi connectivity index (χ2v) is 5.53. The summed E-state index contributed by atoms with van der Waals surface area (Å²) in [5, 5.41) is 3.27. The van der Waals surface area contributed by atoms with Gasteiger partial charge in [0.05, 0.1) is 0 Å². The van der Waals surface area contributed by atoms with E-state index in [-0.39, 0.29) is 0 Å². The molecule has 1 aliphatic heterocycles. The number of pyridine rings is 1. The van der Waals surface area contributed by atoms with Crippen molar-refractivity contribution in [3.8, 4) is 0 Å². The molecule has 0 radical (unpaired) electrons. The molecule has 1 aromatic heterocycles. The molecule has 4 nitrogen and oxygen atoms in total. The van der Waals surface area contributed by atoms with E-state index in [4.69, 9.17) is 0 Å². The third kappa shape index (κ3) is 4.18. The lowest BCUT2D eigenvalue weighted by Crippen LogP contribution is -2.41. The lowest BCUT2D eigenvalue weighted by atomic mass is 10.0. The van der Waals surface area contributed by atoms with Crippen molar-refractivity contribution in [2.45, 2.75) is 32.4 Å². The van der Waals surface area contributed by atoms with Crippen LogP contribution in [-0.2, 0) is 6.54 Å². The summed E-state index contributed by atoms with van der Waals surface area (Å²) in [4.78, 5) is 9.22. The van der Waals surface area contributed by atoms with Crippen LogP contribution < -0.4 is 5.32 Å². The maximum Gasteiger partial charge on any atom is 0.126 e. The average Bonchev–Trinajstić information content (AvgIpc) is 2.40. The molecular weight excluding hydrogens is 236 g/mol. The number of aromatic nitrogens is 1. The normalized spacial score (nSPS) is 17.9. The van der Waals surface area contributed by atoms with E-state index in [1.807, 2.05) is 6.20 Å². The van der Waals surface area contributed by atoms with Gasteiger partial charge in [-0.05, 0) is 64.6 Å². The van der Waals surface area contributed by atoms with Crippen LogP contribution in [0.2, 0.25) is 0 Å². The van der Waals surface area contributed by atoms with Crippen molar-refractivity contribution in [3.63, 3.8) is 0 Å². The molecule has 4 heteroatoms. The number of nitrogens with one attached hydrogen (secondary N) is 1. The van der Waals surface area contributed by atoms with Crippen molar-refractivity contribution in [2.75, 3.05) is 39.0 Å². The first kappa shape index (κ1) is 14.3. The molecule has 106 valence electrons. The fourth-order valence-corrected chi connectivity index (χ4v) is 2.70. The molecule has 0 saturated carbocycles. The molecule has 0 aromatic carbocycles. The number of piperidine rings is 1. The molecule has 2 heterocycles. The zero-order chi connectivity index (χ0) is 13.7. The highest BCUT2D eigenvalue weighted by Gasteiger charge is 2.20. The van der Waals surface area contributed by atoms with Crippen molar-refractivity contribution in [3.05, 3.63) is 23.9 Å². The Bertz CT molecular complexity index is 385. The number of rotatable bonds is 5. The topological polar surface area (TPSA) is 31.4 Å². The van der Waals surface area contributed by atoms with Gasteiger partial charge in [-0.1, -0.05) is 0 Å². The summed E-state index contributed by atoms with van der Waals surface area (Å²) in [5.41, 5.74) is 1.34. The Balaban J connectivity index is 1.90. The maximum absolute atomic E-state index is 4.32. The minimum atomic E-state index is 0.715. The van der Waals surface area contributed by atoms with Crippen molar-refractivity contribution in [2.24, 2.45) is 0 Å². The predicted molar refractivity (Wildman–Crippen MR) is 80.4 cm³/mol. The zero-order valence-electron chi connectivity index (χ0n) is 12.4. The summed E-state index contributed by atoms with van der Waals surface area (Å²) < 4.78 is 0. The van der Waals surface area contributed by atoms with E-state index in [0.717, 1.165) is 18.9 Å². The molecule has 19 heavy (non-hydrogen) atoms. The molecule has 0 atom stereocenters. The third-order valence-corrected chi connectivity index (χ3v) is 3.93. The summed E-state index contributed by atoms with van der Waals surface area (Å²) in [5.74, 6) is 0.983. The highest BCUT2D eigenvalue weighted by molar-refractivity contribution is 5.37. The average molecular weight is 262 g/mol. The predicted octanol–water partition coefficient (Wildman–Crippen LogP) is 2.04. The first-order valence-corrected chi connectivity index (χ1v) is 7.26. The lowest BCUT2D eigenvalue weighted by Gasteiger charge is -2.35. The van der Waals surface area contributed by atoms with E-state index in [2.05, 4.69) is 53.3 Å². The van der Waals surface area contributed by atoms with Crippen LogP contribution in [0.1, 0.15) is 25.3 Å². The van der Waals surface area contributed by atoms with E-state index in [9.17, 15) is 0 Å². The van der Waals surface area contributed by atoms with Crippen LogP contribution in [0.4, 0.5) is 5.82 Å². The fourth-order valence-electron chi connectivity index (χ4n) is 2.70. The minimum Gasteiger partial charge on any atom is -0.370 e. The van der Waals surface area contributed by atoms with E-state index < -0.39 is 0 Å². The molecule has 1 saturated heterocycles. The summed E-state index contributed by atoms with van der Waals surface area (Å²) in [6, 6.07) is 4.99. The van der Waals surface area contributed by atoms with Gasteiger partial charge < -0.3 is 10.2 Å². The summed E-state index contributed by atoms with van der Waals surface area (Å²) in [6.45, 7) is 6.46. The SMILES string of the molecule is CCNc1cc(CN(C)C2CCN(C)CC2)ccn1. The molecule has 1 aliphatic rings. The molecule has 0 unspecified atom stereocenters. The minimum absolute atomic E-state index is 0.715. The van der Waals surface area contributed by atoms with Gasteiger partial charge in [0.15, 0.2) is 0 Å². The number of anilines is 1. The maximum atomic E-state index is 4.32. The van der Waals surface area contributed by atoms with Gasteiger partial charge in [-0.2, -0.15) is 0 Å². The van der Waals surface area contributed by atoms with Gasteiger partial charge in [0, 0.05) is 25.3 Å².